The molecular weight excluding hydrogens is 292 g/mol. The molecule has 3 N–H and O–H groups in total. The molecule has 0 aromatic heterocycles. The van der Waals surface area contributed by atoms with Crippen LogP contribution in [0.3, 0.4) is 0 Å². The van der Waals surface area contributed by atoms with Crippen LogP contribution in [0.4, 0.5) is 0 Å². The third-order valence-electron chi connectivity index (χ3n) is 2.20. The van der Waals surface area contributed by atoms with Crippen molar-refractivity contribution in [1.29, 1.82) is 0 Å². The van der Waals surface area contributed by atoms with Crippen molar-refractivity contribution in [2.45, 2.75) is 12.5 Å². The van der Waals surface area contributed by atoms with Gasteiger partial charge in [-0.1, -0.05) is 28.1 Å². The number of ketones is 1. The minimum atomic E-state index is -1.68. The third-order valence-corrected chi connectivity index (χ3v) is 2.82. The van der Waals surface area contributed by atoms with Crippen molar-refractivity contribution >= 4 is 27.7 Å². The summed E-state index contributed by atoms with van der Waals surface area (Å²) in [6, 6.07) is 3.95. The van der Waals surface area contributed by atoms with Crippen molar-refractivity contribution < 1.29 is 24.9 Å². The number of phenols is 1. The highest BCUT2D eigenvalue weighted by Gasteiger charge is 2.17. The maximum absolute atomic E-state index is 11.2. The number of aliphatic carboxylic acids is 1. The molecule has 5 nitrogen and oxygen atoms in total. The molecule has 0 saturated heterocycles. The molecule has 0 aliphatic rings. The van der Waals surface area contributed by atoms with E-state index in [9.17, 15) is 19.8 Å². The molecule has 0 radical (unpaired) electrons. The second kappa shape index (κ2) is 5.79. The summed E-state index contributed by atoms with van der Waals surface area (Å²) in [6.45, 7) is 0. The van der Waals surface area contributed by atoms with Gasteiger partial charge in [-0.25, -0.2) is 4.79 Å². The van der Waals surface area contributed by atoms with Crippen molar-refractivity contribution in [2.75, 3.05) is 5.33 Å². The van der Waals surface area contributed by atoms with E-state index in [2.05, 4.69) is 15.9 Å². The molecule has 0 aliphatic carbocycles. The quantitative estimate of drug-likeness (QED) is 0.706. The van der Waals surface area contributed by atoms with E-state index >= 15 is 0 Å². The van der Waals surface area contributed by atoms with Gasteiger partial charge in [0.05, 0.1) is 5.33 Å². The minimum absolute atomic E-state index is 0.0561. The van der Waals surface area contributed by atoms with Gasteiger partial charge in [-0.15, -0.1) is 0 Å². The number of carbonyl (C=O) groups is 2. The normalized spacial score (nSPS) is 12.1. The molecule has 1 aromatic rings. The molecule has 0 spiro atoms. The molecule has 1 unspecified atom stereocenters. The van der Waals surface area contributed by atoms with Crippen molar-refractivity contribution in [3.8, 4) is 5.75 Å². The molecule has 0 heterocycles. The topological polar surface area (TPSA) is 94.8 Å². The molecule has 0 saturated carbocycles. The Bertz CT molecular complexity index is 443. The monoisotopic (exact) mass is 302 g/mol. The van der Waals surface area contributed by atoms with Crippen molar-refractivity contribution in [1.82, 2.24) is 0 Å². The summed E-state index contributed by atoms with van der Waals surface area (Å²) in [4.78, 5) is 21.7. The second-order valence-corrected chi connectivity index (χ2v) is 4.04. The average Bonchev–Trinajstić information content (AvgIpc) is 2.30. The molecule has 0 aliphatic heterocycles. The van der Waals surface area contributed by atoms with Crippen LogP contribution in [-0.2, 0) is 16.0 Å². The lowest BCUT2D eigenvalue weighted by Gasteiger charge is -2.08. The number of aliphatic hydroxyl groups excluding tert-OH is 1. The first-order valence-corrected chi connectivity index (χ1v) is 5.88. The zero-order chi connectivity index (χ0) is 13.0. The third kappa shape index (κ3) is 3.54. The first-order chi connectivity index (χ1) is 7.95. The van der Waals surface area contributed by atoms with Crippen LogP contribution in [0.1, 0.15) is 17.2 Å². The lowest BCUT2D eigenvalue weighted by atomic mass is 10.0. The van der Waals surface area contributed by atoms with Gasteiger partial charge in [-0.3, -0.25) is 4.79 Å². The van der Waals surface area contributed by atoms with Crippen molar-refractivity contribution in [3.05, 3.63) is 29.3 Å². The fourth-order valence-electron chi connectivity index (χ4n) is 1.30. The number of Topliss-reactive ketones (excluding diaryl/α,β-unsaturated/α-hetero) is 1. The maximum Gasteiger partial charge on any atom is 0.337 e. The van der Waals surface area contributed by atoms with Crippen LogP contribution in [0.2, 0.25) is 0 Å². The number of aliphatic hydroxyl groups is 1. The van der Waals surface area contributed by atoms with Gasteiger partial charge in [-0.05, 0) is 11.6 Å². The van der Waals surface area contributed by atoms with Gasteiger partial charge >= 0.3 is 5.97 Å². The first kappa shape index (κ1) is 13.7. The molecule has 17 heavy (non-hydrogen) atoms. The van der Waals surface area contributed by atoms with Crippen LogP contribution in [-0.4, -0.2) is 32.4 Å². The van der Waals surface area contributed by atoms with Crippen LogP contribution >= 0.6 is 15.9 Å². The summed E-state index contributed by atoms with van der Waals surface area (Å²) >= 11 is 3.00. The lowest BCUT2D eigenvalue weighted by Crippen LogP contribution is -2.11. The highest BCUT2D eigenvalue weighted by atomic mass is 79.9. The van der Waals surface area contributed by atoms with E-state index in [1.165, 1.54) is 12.1 Å². The van der Waals surface area contributed by atoms with E-state index in [1.807, 2.05) is 0 Å². The highest BCUT2D eigenvalue weighted by Crippen LogP contribution is 2.23. The molecule has 92 valence electrons. The van der Waals surface area contributed by atoms with Gasteiger partial charge in [0, 0.05) is 12.0 Å². The fraction of sp³-hybridized carbons (Fsp3) is 0.273. The Labute approximate surface area is 106 Å². The van der Waals surface area contributed by atoms with Crippen LogP contribution in [0.5, 0.6) is 5.75 Å². The molecule has 1 aromatic carbocycles. The number of carboxylic acid groups (broad SMARTS) is 1. The number of phenolic OH excluding ortho intramolecular Hbond substituents is 1. The van der Waals surface area contributed by atoms with Gasteiger partial charge in [-0.2, -0.15) is 0 Å². The molecule has 1 atom stereocenters. The molecule has 0 bridgehead atoms. The summed E-state index contributed by atoms with van der Waals surface area (Å²) in [5, 5.41) is 27.6. The zero-order valence-electron chi connectivity index (χ0n) is 8.76. The number of benzene rings is 1. The Balaban J connectivity index is 2.93. The van der Waals surface area contributed by atoms with Gasteiger partial charge < -0.3 is 15.3 Å². The fourth-order valence-corrected chi connectivity index (χ4v) is 1.50. The largest absolute Gasteiger partial charge is 0.508 e. The predicted molar refractivity (Wildman–Crippen MR) is 63.2 cm³/mol. The molecule has 0 fully saturated rings. The van der Waals surface area contributed by atoms with Gasteiger partial charge in [0.2, 0.25) is 0 Å². The standard InChI is InChI=1S/C11H11BrO5/c12-5-8(13)3-6-1-2-7(4-9(6)14)10(15)11(16)17/h1-2,4,10,14-15H,3,5H2,(H,16,17). The number of hydrogen-bond donors (Lipinski definition) is 3. The summed E-state index contributed by atoms with van der Waals surface area (Å²) in [5.41, 5.74) is 0.473. The number of halogens is 1. The van der Waals surface area contributed by atoms with Crippen LogP contribution in [0.25, 0.3) is 0 Å². The number of rotatable bonds is 5. The predicted octanol–water partition coefficient (Wildman–Crippen LogP) is 1.02. The Hall–Kier alpha value is -1.40. The van der Waals surface area contributed by atoms with Crippen LogP contribution < -0.4 is 0 Å². The molecular formula is C11H11BrO5. The molecule has 6 heteroatoms. The number of carbonyl (C=O) groups excluding carboxylic acids is 1. The Morgan fingerprint density at radius 2 is 2.00 bits per heavy atom. The smallest absolute Gasteiger partial charge is 0.337 e. The number of alkyl halides is 1. The minimum Gasteiger partial charge on any atom is -0.508 e. The van der Waals surface area contributed by atoms with Gasteiger partial charge in [0.15, 0.2) is 6.10 Å². The number of carboxylic acids is 1. The van der Waals surface area contributed by atoms with Crippen LogP contribution in [0.15, 0.2) is 18.2 Å². The summed E-state index contributed by atoms with van der Waals surface area (Å²) in [6.07, 6.45) is -1.62. The first-order valence-electron chi connectivity index (χ1n) is 4.76. The number of aromatic hydroxyl groups is 1. The van der Waals surface area contributed by atoms with E-state index in [1.54, 1.807) is 0 Å². The van der Waals surface area contributed by atoms with Crippen molar-refractivity contribution in [2.24, 2.45) is 0 Å². The van der Waals surface area contributed by atoms with E-state index in [0.717, 1.165) is 6.07 Å². The maximum atomic E-state index is 11.2. The summed E-state index contributed by atoms with van der Waals surface area (Å²) in [7, 11) is 0. The molecule has 0 amide bonds. The summed E-state index contributed by atoms with van der Waals surface area (Å²) in [5.74, 6) is -1.70. The Morgan fingerprint density at radius 1 is 1.35 bits per heavy atom. The number of hydrogen-bond acceptors (Lipinski definition) is 4. The van der Waals surface area contributed by atoms with E-state index in [0.29, 0.717) is 5.56 Å². The van der Waals surface area contributed by atoms with E-state index in [-0.39, 0.29) is 28.8 Å². The molecule has 1 rings (SSSR count). The van der Waals surface area contributed by atoms with Crippen LogP contribution in [0, 0.1) is 0 Å². The van der Waals surface area contributed by atoms with Gasteiger partial charge in [0.25, 0.3) is 0 Å². The summed E-state index contributed by atoms with van der Waals surface area (Å²) < 4.78 is 0. The lowest BCUT2D eigenvalue weighted by molar-refractivity contribution is -0.147. The van der Waals surface area contributed by atoms with Gasteiger partial charge in [0.1, 0.15) is 11.5 Å². The SMILES string of the molecule is O=C(CBr)Cc1ccc(C(O)C(=O)O)cc1O. The second-order valence-electron chi connectivity index (χ2n) is 3.48. The Kier molecular flexibility index (Phi) is 4.65. The average molecular weight is 303 g/mol. The van der Waals surface area contributed by atoms with E-state index in [4.69, 9.17) is 5.11 Å². The van der Waals surface area contributed by atoms with Crippen molar-refractivity contribution in [3.63, 3.8) is 0 Å². The zero-order valence-corrected chi connectivity index (χ0v) is 10.3. The Morgan fingerprint density at radius 3 is 2.47 bits per heavy atom. The highest BCUT2D eigenvalue weighted by molar-refractivity contribution is 9.09. The van der Waals surface area contributed by atoms with E-state index < -0.39 is 12.1 Å².